The largest absolute Gasteiger partial charge is 0.465 e. The van der Waals surface area contributed by atoms with Crippen LogP contribution in [0.15, 0.2) is 0 Å². The highest BCUT2D eigenvalue weighted by Gasteiger charge is 2.25. The number of unbranched alkanes of at least 4 members (excludes halogenated alkanes) is 12. The van der Waals surface area contributed by atoms with Crippen molar-refractivity contribution in [3.63, 3.8) is 0 Å². The first kappa shape index (κ1) is 27.9. The van der Waals surface area contributed by atoms with Gasteiger partial charge >= 0.3 is 5.97 Å². The summed E-state index contributed by atoms with van der Waals surface area (Å²) >= 11 is 3.33. The molecule has 4 heteroatoms. The van der Waals surface area contributed by atoms with E-state index in [0.717, 1.165) is 17.3 Å². The molecule has 0 aliphatic rings. The maximum Gasteiger partial charge on any atom is 0.322 e. The van der Waals surface area contributed by atoms with Crippen LogP contribution >= 0.6 is 15.9 Å². The first-order chi connectivity index (χ1) is 13.2. The summed E-state index contributed by atoms with van der Waals surface area (Å²) in [6, 6.07) is 0. The van der Waals surface area contributed by atoms with Gasteiger partial charge in [0.05, 0.1) is 33.8 Å². The molecule has 0 saturated carbocycles. The second kappa shape index (κ2) is 16.7. The van der Waals surface area contributed by atoms with Gasteiger partial charge in [0.15, 0.2) is 0 Å². The van der Waals surface area contributed by atoms with Crippen molar-refractivity contribution in [2.45, 2.75) is 115 Å². The lowest BCUT2D eigenvalue weighted by Crippen LogP contribution is -2.41. The summed E-state index contributed by atoms with van der Waals surface area (Å²) in [5.41, 5.74) is 0. The van der Waals surface area contributed by atoms with E-state index in [1.807, 2.05) is 13.8 Å². The summed E-state index contributed by atoms with van der Waals surface area (Å²) < 4.78 is 5.86. The predicted molar refractivity (Wildman–Crippen MR) is 126 cm³/mol. The molecule has 0 radical (unpaired) electrons. The fourth-order valence-electron chi connectivity index (χ4n) is 3.47. The van der Waals surface area contributed by atoms with Gasteiger partial charge in [-0.05, 0) is 52.4 Å². The average molecular weight is 464 g/mol. The summed E-state index contributed by atoms with van der Waals surface area (Å²) in [4.78, 5) is 11.6. The number of carbonyl (C=O) groups is 1. The van der Waals surface area contributed by atoms with Crippen molar-refractivity contribution in [3.8, 4) is 0 Å². The summed E-state index contributed by atoms with van der Waals surface area (Å²) in [6.45, 7) is 9.03. The van der Waals surface area contributed by atoms with Crippen molar-refractivity contribution in [3.05, 3.63) is 0 Å². The first-order valence-electron chi connectivity index (χ1n) is 11.9. The van der Waals surface area contributed by atoms with Crippen LogP contribution in [0.5, 0.6) is 0 Å². The van der Waals surface area contributed by atoms with Crippen molar-refractivity contribution in [1.82, 2.24) is 0 Å². The highest BCUT2D eigenvalue weighted by Crippen LogP contribution is 2.18. The van der Waals surface area contributed by atoms with Crippen LogP contribution < -0.4 is 0 Å². The SMILES string of the molecule is CCCCCCCCCCCC[N+](C)(C)CCCCCCOC(=O)C(C)(C)Br. The van der Waals surface area contributed by atoms with Crippen LogP contribution in [0.25, 0.3) is 0 Å². The Morgan fingerprint density at radius 3 is 1.57 bits per heavy atom. The molecule has 0 atom stereocenters. The number of carbonyl (C=O) groups excluding carboxylic acids is 1. The second-order valence-electron chi connectivity index (χ2n) is 9.59. The molecular formula is C24H49BrNO2+. The molecule has 0 aliphatic heterocycles. The zero-order chi connectivity index (χ0) is 21.3. The smallest absolute Gasteiger partial charge is 0.322 e. The molecule has 0 amide bonds. The Hall–Kier alpha value is -0.0900. The third-order valence-corrected chi connectivity index (χ3v) is 5.82. The van der Waals surface area contributed by atoms with E-state index in [1.165, 1.54) is 90.1 Å². The van der Waals surface area contributed by atoms with Gasteiger partial charge in [0.25, 0.3) is 0 Å². The van der Waals surface area contributed by atoms with E-state index in [-0.39, 0.29) is 5.97 Å². The standard InChI is InChI=1S/C24H49BrNO2/c1-6-7-8-9-10-11-12-13-14-17-20-26(4,5)21-18-15-16-19-22-28-23(27)24(2,3)25/h6-22H2,1-5H3/q+1. The van der Waals surface area contributed by atoms with Crippen LogP contribution in [-0.2, 0) is 9.53 Å². The molecule has 3 nitrogen and oxygen atoms in total. The Morgan fingerprint density at radius 2 is 1.14 bits per heavy atom. The Labute approximate surface area is 184 Å². The summed E-state index contributed by atoms with van der Waals surface area (Å²) in [5.74, 6) is -0.165. The normalized spacial score (nSPS) is 12.4. The van der Waals surface area contributed by atoms with E-state index < -0.39 is 4.32 Å². The minimum absolute atomic E-state index is 0.165. The maximum absolute atomic E-state index is 11.6. The van der Waals surface area contributed by atoms with Crippen molar-refractivity contribution in [2.24, 2.45) is 0 Å². The van der Waals surface area contributed by atoms with Crippen molar-refractivity contribution in [2.75, 3.05) is 33.8 Å². The number of quaternary nitrogens is 1. The van der Waals surface area contributed by atoms with Gasteiger partial charge in [-0.1, -0.05) is 74.2 Å². The molecule has 0 bridgehead atoms. The number of hydrogen-bond donors (Lipinski definition) is 0. The molecular weight excluding hydrogens is 414 g/mol. The van der Waals surface area contributed by atoms with E-state index in [0.29, 0.717) is 6.61 Å². The number of ether oxygens (including phenoxy) is 1. The molecule has 0 fully saturated rings. The number of alkyl halides is 1. The summed E-state index contributed by atoms with van der Waals surface area (Å²) in [5, 5.41) is 0. The van der Waals surface area contributed by atoms with Crippen molar-refractivity contribution >= 4 is 21.9 Å². The highest BCUT2D eigenvalue weighted by molar-refractivity contribution is 9.10. The number of rotatable bonds is 19. The van der Waals surface area contributed by atoms with Gasteiger partial charge < -0.3 is 9.22 Å². The van der Waals surface area contributed by atoms with E-state index in [4.69, 9.17) is 4.74 Å². The average Bonchev–Trinajstić information content (AvgIpc) is 2.61. The van der Waals surface area contributed by atoms with Gasteiger partial charge in [-0.25, -0.2) is 0 Å². The molecule has 0 unspecified atom stereocenters. The molecule has 0 heterocycles. The Bertz CT molecular complexity index is 377. The lowest BCUT2D eigenvalue weighted by Gasteiger charge is -2.30. The van der Waals surface area contributed by atoms with Crippen LogP contribution in [-0.4, -0.2) is 48.6 Å². The first-order valence-corrected chi connectivity index (χ1v) is 12.7. The predicted octanol–water partition coefficient (Wildman–Crippen LogP) is 7.26. The van der Waals surface area contributed by atoms with E-state index >= 15 is 0 Å². The van der Waals surface area contributed by atoms with Gasteiger partial charge in [0.1, 0.15) is 4.32 Å². The molecule has 0 aromatic rings. The van der Waals surface area contributed by atoms with Gasteiger partial charge in [-0.15, -0.1) is 0 Å². The number of halogens is 1. The number of hydrogen-bond acceptors (Lipinski definition) is 2. The van der Waals surface area contributed by atoms with Crippen LogP contribution in [0.4, 0.5) is 0 Å². The van der Waals surface area contributed by atoms with E-state index in [9.17, 15) is 4.79 Å². The van der Waals surface area contributed by atoms with Gasteiger partial charge in [0, 0.05) is 0 Å². The molecule has 0 N–H and O–H groups in total. The van der Waals surface area contributed by atoms with Gasteiger partial charge in [-0.2, -0.15) is 0 Å². The topological polar surface area (TPSA) is 26.3 Å². The molecule has 28 heavy (non-hydrogen) atoms. The third-order valence-electron chi connectivity index (χ3n) is 5.49. The van der Waals surface area contributed by atoms with E-state index in [1.54, 1.807) is 0 Å². The molecule has 168 valence electrons. The molecule has 0 aromatic carbocycles. The summed E-state index contributed by atoms with van der Waals surface area (Å²) in [6.07, 6.45) is 18.7. The second-order valence-corrected chi connectivity index (χ2v) is 11.6. The van der Waals surface area contributed by atoms with E-state index in [2.05, 4.69) is 36.9 Å². The van der Waals surface area contributed by atoms with Crippen LogP contribution in [0.2, 0.25) is 0 Å². The minimum Gasteiger partial charge on any atom is -0.465 e. The van der Waals surface area contributed by atoms with Gasteiger partial charge in [-0.3, -0.25) is 4.79 Å². The minimum atomic E-state index is -0.566. The molecule has 0 rings (SSSR count). The molecule has 0 spiro atoms. The fourth-order valence-corrected chi connectivity index (χ4v) is 3.59. The Morgan fingerprint density at radius 1 is 0.750 bits per heavy atom. The quantitative estimate of drug-likeness (QED) is 0.0872. The molecule has 0 aromatic heterocycles. The number of esters is 1. The highest BCUT2D eigenvalue weighted by atomic mass is 79.9. The number of nitrogens with zero attached hydrogens (tertiary/aromatic N) is 1. The fraction of sp³-hybridized carbons (Fsp3) is 0.958. The lowest BCUT2D eigenvalue weighted by atomic mass is 10.1. The van der Waals surface area contributed by atoms with Crippen LogP contribution in [0.3, 0.4) is 0 Å². The molecule has 0 saturated heterocycles. The molecule has 0 aliphatic carbocycles. The maximum atomic E-state index is 11.6. The Balaban J connectivity index is 3.47. The lowest BCUT2D eigenvalue weighted by molar-refractivity contribution is -0.890. The zero-order valence-corrected chi connectivity index (χ0v) is 21.2. The van der Waals surface area contributed by atoms with Crippen LogP contribution in [0.1, 0.15) is 111 Å². The van der Waals surface area contributed by atoms with Crippen LogP contribution in [0, 0.1) is 0 Å². The van der Waals surface area contributed by atoms with Crippen molar-refractivity contribution in [1.29, 1.82) is 0 Å². The zero-order valence-electron chi connectivity index (χ0n) is 19.7. The monoisotopic (exact) mass is 462 g/mol. The van der Waals surface area contributed by atoms with Crippen molar-refractivity contribution < 1.29 is 14.0 Å². The van der Waals surface area contributed by atoms with Gasteiger partial charge in [0.2, 0.25) is 0 Å². The summed E-state index contributed by atoms with van der Waals surface area (Å²) in [7, 11) is 4.74. The Kier molecular flexibility index (Phi) is 16.6. The third kappa shape index (κ3) is 18.0.